The van der Waals surface area contributed by atoms with Crippen molar-refractivity contribution < 1.29 is 4.79 Å². The molecule has 0 bridgehead atoms. The van der Waals surface area contributed by atoms with Crippen LogP contribution in [0.5, 0.6) is 0 Å². The van der Waals surface area contributed by atoms with E-state index in [1.807, 2.05) is 19.1 Å². The fourth-order valence-electron chi connectivity index (χ4n) is 4.19. The molecule has 0 N–H and O–H groups in total. The number of carbonyl (C=O) groups is 1. The molecule has 26 heavy (non-hydrogen) atoms. The normalized spacial score (nSPS) is 21.9. The first-order chi connectivity index (χ1) is 12.7. The van der Waals surface area contributed by atoms with E-state index >= 15 is 0 Å². The van der Waals surface area contributed by atoms with Crippen molar-refractivity contribution in [1.29, 1.82) is 0 Å². The molecule has 3 heterocycles. The Kier molecular flexibility index (Phi) is 4.87. The smallest absolute Gasteiger partial charge is 0.222 e. The van der Waals surface area contributed by atoms with Crippen molar-refractivity contribution in [2.24, 2.45) is 11.8 Å². The van der Waals surface area contributed by atoms with Gasteiger partial charge in [-0.25, -0.2) is 0 Å². The molecule has 5 heteroatoms. The maximum atomic E-state index is 12.5. The second kappa shape index (κ2) is 7.44. The molecule has 2 saturated heterocycles. The maximum absolute atomic E-state index is 12.5. The summed E-state index contributed by atoms with van der Waals surface area (Å²) in [6.07, 6.45) is 2.56. The summed E-state index contributed by atoms with van der Waals surface area (Å²) in [4.78, 5) is 16.9. The minimum atomic E-state index is 0.317. The van der Waals surface area contributed by atoms with E-state index in [0.717, 1.165) is 50.5 Å². The van der Waals surface area contributed by atoms with E-state index in [-0.39, 0.29) is 0 Å². The average molecular weight is 350 g/mol. The number of fused-ring (bicyclic) bond motifs is 1. The van der Waals surface area contributed by atoms with Crippen molar-refractivity contribution in [2.75, 3.05) is 31.1 Å². The number of benzene rings is 1. The Bertz CT molecular complexity index is 732. The number of nitrogens with zero attached hydrogens (tertiary/aromatic N) is 4. The van der Waals surface area contributed by atoms with Gasteiger partial charge < -0.3 is 9.80 Å². The number of likely N-dealkylation sites (tertiary alicyclic amines) is 1. The van der Waals surface area contributed by atoms with Crippen molar-refractivity contribution in [3.63, 3.8) is 0 Å². The lowest BCUT2D eigenvalue weighted by molar-refractivity contribution is -0.130. The van der Waals surface area contributed by atoms with E-state index < -0.39 is 0 Å². The summed E-state index contributed by atoms with van der Waals surface area (Å²) in [5.41, 5.74) is 2.26. The second-order valence-corrected chi connectivity index (χ2v) is 7.60. The monoisotopic (exact) mass is 350 g/mol. The largest absolute Gasteiger partial charge is 0.354 e. The lowest BCUT2D eigenvalue weighted by Crippen LogP contribution is -2.33. The molecule has 1 aromatic heterocycles. The summed E-state index contributed by atoms with van der Waals surface area (Å²) in [5.74, 6) is 2.41. The van der Waals surface area contributed by atoms with Crippen molar-refractivity contribution in [3.05, 3.63) is 53.7 Å². The summed E-state index contributed by atoms with van der Waals surface area (Å²) in [6.45, 7) is 5.71. The molecule has 2 atom stereocenters. The highest BCUT2D eigenvalue weighted by molar-refractivity contribution is 5.76. The fourth-order valence-corrected chi connectivity index (χ4v) is 4.19. The van der Waals surface area contributed by atoms with Crippen LogP contribution in [0.3, 0.4) is 0 Å². The molecule has 2 aliphatic heterocycles. The summed E-state index contributed by atoms with van der Waals surface area (Å²) >= 11 is 0. The number of rotatable bonds is 5. The van der Waals surface area contributed by atoms with Crippen LogP contribution in [-0.2, 0) is 11.2 Å². The number of hydrogen-bond donors (Lipinski definition) is 0. The molecular formula is C21H26N4O. The van der Waals surface area contributed by atoms with E-state index in [1.54, 1.807) is 0 Å². The van der Waals surface area contributed by atoms with Gasteiger partial charge in [-0.1, -0.05) is 30.3 Å². The van der Waals surface area contributed by atoms with Crippen LogP contribution in [-0.4, -0.2) is 47.2 Å². The van der Waals surface area contributed by atoms with Gasteiger partial charge in [-0.15, -0.1) is 5.10 Å². The van der Waals surface area contributed by atoms with Crippen molar-refractivity contribution in [2.45, 2.75) is 26.2 Å². The number of anilines is 1. The number of carbonyl (C=O) groups excluding carboxylic acids is 1. The fraction of sp³-hybridized carbons (Fsp3) is 0.476. The van der Waals surface area contributed by atoms with E-state index in [0.29, 0.717) is 24.2 Å². The van der Waals surface area contributed by atoms with Gasteiger partial charge in [0, 0.05) is 44.4 Å². The number of hydrogen-bond acceptors (Lipinski definition) is 4. The molecule has 2 aromatic rings. The summed E-state index contributed by atoms with van der Waals surface area (Å²) in [5, 5.41) is 8.47. The highest BCUT2D eigenvalue weighted by Crippen LogP contribution is 2.33. The SMILES string of the molecule is Cc1ccc(N2CC3CN(C(=O)CCCc4ccccc4)CC3C2)nn1. The predicted octanol–water partition coefficient (Wildman–Crippen LogP) is 2.70. The number of aromatic nitrogens is 2. The highest BCUT2D eigenvalue weighted by atomic mass is 16.2. The van der Waals surface area contributed by atoms with Crippen LogP contribution >= 0.6 is 0 Å². The molecule has 1 aromatic carbocycles. The van der Waals surface area contributed by atoms with Gasteiger partial charge in [-0.2, -0.15) is 5.10 Å². The quantitative estimate of drug-likeness (QED) is 0.832. The van der Waals surface area contributed by atoms with Crippen LogP contribution < -0.4 is 4.90 Å². The van der Waals surface area contributed by atoms with E-state index in [9.17, 15) is 4.79 Å². The molecule has 0 aliphatic carbocycles. The molecule has 0 spiro atoms. The topological polar surface area (TPSA) is 49.3 Å². The first-order valence-electron chi connectivity index (χ1n) is 9.56. The Morgan fingerprint density at radius 3 is 2.38 bits per heavy atom. The van der Waals surface area contributed by atoms with Crippen LogP contribution in [0.4, 0.5) is 5.82 Å². The summed E-state index contributed by atoms with van der Waals surface area (Å²) in [7, 11) is 0. The zero-order valence-electron chi connectivity index (χ0n) is 15.3. The van der Waals surface area contributed by atoms with Crippen molar-refractivity contribution in [3.8, 4) is 0 Å². The first-order valence-corrected chi connectivity index (χ1v) is 9.56. The minimum absolute atomic E-state index is 0.317. The Balaban J connectivity index is 1.25. The second-order valence-electron chi connectivity index (χ2n) is 7.60. The third-order valence-electron chi connectivity index (χ3n) is 5.65. The summed E-state index contributed by atoms with van der Waals surface area (Å²) in [6, 6.07) is 14.5. The average Bonchev–Trinajstić information content (AvgIpc) is 3.22. The van der Waals surface area contributed by atoms with Crippen LogP contribution in [0.25, 0.3) is 0 Å². The Hall–Kier alpha value is -2.43. The molecular weight excluding hydrogens is 324 g/mol. The molecule has 2 aliphatic rings. The lowest BCUT2D eigenvalue weighted by atomic mass is 10.0. The third-order valence-corrected chi connectivity index (χ3v) is 5.65. The molecule has 0 radical (unpaired) electrons. The number of aryl methyl sites for hydroxylation is 2. The van der Waals surface area contributed by atoms with Gasteiger partial charge in [-0.3, -0.25) is 4.79 Å². The van der Waals surface area contributed by atoms with Crippen molar-refractivity contribution >= 4 is 11.7 Å². The molecule has 4 rings (SSSR count). The van der Waals surface area contributed by atoms with Gasteiger partial charge in [-0.05, 0) is 37.5 Å². The van der Waals surface area contributed by atoms with E-state index in [2.05, 4.69) is 50.3 Å². The van der Waals surface area contributed by atoms with E-state index in [1.165, 1.54) is 5.56 Å². The van der Waals surface area contributed by atoms with Gasteiger partial charge in [0.25, 0.3) is 0 Å². The molecule has 136 valence electrons. The lowest BCUT2D eigenvalue weighted by Gasteiger charge is -2.22. The van der Waals surface area contributed by atoms with Gasteiger partial charge in [0.15, 0.2) is 5.82 Å². The minimum Gasteiger partial charge on any atom is -0.354 e. The van der Waals surface area contributed by atoms with Crippen LogP contribution in [0, 0.1) is 18.8 Å². The van der Waals surface area contributed by atoms with Crippen LogP contribution in [0.15, 0.2) is 42.5 Å². The maximum Gasteiger partial charge on any atom is 0.222 e. The first kappa shape index (κ1) is 17.0. The molecule has 0 saturated carbocycles. The van der Waals surface area contributed by atoms with Gasteiger partial charge in [0.2, 0.25) is 5.91 Å². The third kappa shape index (κ3) is 3.71. The number of amides is 1. The van der Waals surface area contributed by atoms with Gasteiger partial charge >= 0.3 is 0 Å². The standard InChI is InChI=1S/C21H26N4O/c1-16-10-11-20(23-22-16)24-12-18-14-25(15-19(18)13-24)21(26)9-5-8-17-6-3-2-4-7-17/h2-4,6-7,10-11,18-19H,5,8-9,12-15H2,1H3. The summed E-state index contributed by atoms with van der Waals surface area (Å²) < 4.78 is 0. The van der Waals surface area contributed by atoms with Gasteiger partial charge in [0.1, 0.15) is 0 Å². The zero-order valence-corrected chi connectivity index (χ0v) is 15.3. The van der Waals surface area contributed by atoms with E-state index in [4.69, 9.17) is 0 Å². The predicted molar refractivity (Wildman–Crippen MR) is 102 cm³/mol. The Morgan fingerprint density at radius 1 is 1.00 bits per heavy atom. The zero-order chi connectivity index (χ0) is 17.9. The molecule has 2 unspecified atom stereocenters. The molecule has 1 amide bonds. The molecule has 5 nitrogen and oxygen atoms in total. The van der Waals surface area contributed by atoms with Gasteiger partial charge in [0.05, 0.1) is 5.69 Å². The van der Waals surface area contributed by atoms with Crippen molar-refractivity contribution in [1.82, 2.24) is 15.1 Å². The molecule has 2 fully saturated rings. The van der Waals surface area contributed by atoms with Crippen LogP contribution in [0.1, 0.15) is 24.1 Å². The Labute approximate surface area is 155 Å². The highest BCUT2D eigenvalue weighted by Gasteiger charge is 2.41. The Morgan fingerprint density at radius 2 is 1.73 bits per heavy atom. The van der Waals surface area contributed by atoms with Crippen LogP contribution in [0.2, 0.25) is 0 Å².